The lowest BCUT2D eigenvalue weighted by Gasteiger charge is -2.11. The minimum absolute atomic E-state index is 0.0209. The van der Waals surface area contributed by atoms with E-state index in [-0.39, 0.29) is 10.5 Å². The number of amides is 1. The summed E-state index contributed by atoms with van der Waals surface area (Å²) in [5.74, 6) is 0.220. The fourth-order valence-corrected chi connectivity index (χ4v) is 4.74. The molecule has 0 saturated heterocycles. The van der Waals surface area contributed by atoms with E-state index >= 15 is 0 Å². The van der Waals surface area contributed by atoms with E-state index < -0.39 is 15.9 Å². The average molecular weight is 491 g/mol. The molecular formula is C26H26N4O4S. The van der Waals surface area contributed by atoms with Gasteiger partial charge in [-0.25, -0.2) is 13.1 Å². The van der Waals surface area contributed by atoms with E-state index in [2.05, 4.69) is 15.1 Å². The first-order valence-electron chi connectivity index (χ1n) is 11.1. The molecule has 2 N–H and O–H groups in total. The topological polar surface area (TPSA) is 102 Å². The zero-order valence-corrected chi connectivity index (χ0v) is 20.5. The van der Waals surface area contributed by atoms with E-state index in [1.165, 1.54) is 18.2 Å². The van der Waals surface area contributed by atoms with Gasteiger partial charge in [0.2, 0.25) is 0 Å². The number of ether oxygens (including phenoxy) is 1. The molecule has 0 radical (unpaired) electrons. The van der Waals surface area contributed by atoms with Crippen LogP contribution in [-0.2, 0) is 10.0 Å². The van der Waals surface area contributed by atoms with Gasteiger partial charge in [-0.05, 0) is 75.4 Å². The Bertz CT molecular complexity index is 1450. The summed E-state index contributed by atoms with van der Waals surface area (Å²) in [4.78, 5) is 13.0. The molecule has 180 valence electrons. The number of rotatable bonds is 8. The number of hydrogen-bond donors (Lipinski definition) is 2. The van der Waals surface area contributed by atoms with Crippen molar-refractivity contribution in [2.24, 2.45) is 0 Å². The third-order valence-electron chi connectivity index (χ3n) is 5.35. The minimum atomic E-state index is -3.90. The van der Waals surface area contributed by atoms with Crippen molar-refractivity contribution in [2.45, 2.75) is 25.7 Å². The molecule has 0 bridgehead atoms. The van der Waals surface area contributed by atoms with Crippen molar-refractivity contribution in [2.75, 3.05) is 16.6 Å². The van der Waals surface area contributed by atoms with Gasteiger partial charge >= 0.3 is 0 Å². The molecule has 4 aromatic rings. The molecule has 8 nitrogen and oxygen atoms in total. The van der Waals surface area contributed by atoms with Crippen LogP contribution in [0.25, 0.3) is 5.69 Å². The third-order valence-corrected chi connectivity index (χ3v) is 6.73. The Morgan fingerprint density at radius 1 is 0.971 bits per heavy atom. The van der Waals surface area contributed by atoms with Crippen LogP contribution < -0.4 is 14.8 Å². The SMILES string of the molecule is CCOc1ccc(NS(=O)(=O)c2cccc(C(=O)Nc3c(C)nn(-c4ccccc4)c3C)c2)cc1. The maximum Gasteiger partial charge on any atom is 0.261 e. The fraction of sp³-hybridized carbons (Fsp3) is 0.154. The number of benzene rings is 3. The van der Waals surface area contributed by atoms with Crippen molar-refractivity contribution in [3.05, 3.63) is 95.8 Å². The normalized spacial score (nSPS) is 11.2. The van der Waals surface area contributed by atoms with Crippen LogP contribution in [0, 0.1) is 13.8 Å². The number of carbonyl (C=O) groups excluding carboxylic acids is 1. The molecule has 0 aliphatic carbocycles. The Labute approximate surface area is 204 Å². The molecule has 0 aliphatic heterocycles. The smallest absolute Gasteiger partial charge is 0.261 e. The second-order valence-corrected chi connectivity index (χ2v) is 9.52. The van der Waals surface area contributed by atoms with Gasteiger partial charge in [-0.3, -0.25) is 9.52 Å². The standard InChI is InChI=1S/C26H26N4O4S/c1-4-34-23-15-13-21(14-16-23)29-35(32,33)24-12-8-9-20(17-24)26(31)27-25-18(2)28-30(19(25)3)22-10-6-5-7-11-22/h5-17,29H,4H2,1-3H3,(H,27,31). The molecule has 3 aromatic carbocycles. The zero-order valence-electron chi connectivity index (χ0n) is 19.6. The zero-order chi connectivity index (χ0) is 25.0. The quantitative estimate of drug-likeness (QED) is 0.364. The molecule has 0 saturated carbocycles. The highest BCUT2D eigenvalue weighted by atomic mass is 32.2. The van der Waals surface area contributed by atoms with E-state index in [0.717, 1.165) is 11.4 Å². The van der Waals surface area contributed by atoms with Gasteiger partial charge in [0.25, 0.3) is 15.9 Å². The summed E-state index contributed by atoms with van der Waals surface area (Å²) in [6.45, 7) is 6.07. The van der Waals surface area contributed by atoms with Crippen molar-refractivity contribution in [3.8, 4) is 11.4 Å². The number of anilines is 2. The Hall–Kier alpha value is -4.11. The second-order valence-electron chi connectivity index (χ2n) is 7.84. The van der Waals surface area contributed by atoms with Gasteiger partial charge in [-0.1, -0.05) is 24.3 Å². The van der Waals surface area contributed by atoms with Crippen LogP contribution in [0.15, 0.2) is 83.8 Å². The molecule has 0 spiro atoms. The summed E-state index contributed by atoms with van der Waals surface area (Å²) >= 11 is 0. The van der Waals surface area contributed by atoms with E-state index in [1.807, 2.05) is 51.1 Å². The van der Waals surface area contributed by atoms with Crippen LogP contribution in [0.3, 0.4) is 0 Å². The maximum absolute atomic E-state index is 13.0. The van der Waals surface area contributed by atoms with Crippen molar-refractivity contribution in [1.29, 1.82) is 0 Å². The lowest BCUT2D eigenvalue weighted by molar-refractivity contribution is 0.102. The Kier molecular flexibility index (Phi) is 6.88. The predicted molar refractivity (Wildman–Crippen MR) is 136 cm³/mol. The summed E-state index contributed by atoms with van der Waals surface area (Å²) in [5, 5.41) is 7.42. The van der Waals surface area contributed by atoms with Crippen LogP contribution in [0.5, 0.6) is 5.75 Å². The molecule has 0 fully saturated rings. The number of aromatic nitrogens is 2. The van der Waals surface area contributed by atoms with Gasteiger partial charge in [-0.2, -0.15) is 5.10 Å². The van der Waals surface area contributed by atoms with Gasteiger partial charge in [0.1, 0.15) is 5.75 Å². The number of para-hydroxylation sites is 1. The van der Waals surface area contributed by atoms with Crippen molar-refractivity contribution in [1.82, 2.24) is 9.78 Å². The van der Waals surface area contributed by atoms with E-state index in [4.69, 9.17) is 4.74 Å². The number of carbonyl (C=O) groups is 1. The average Bonchev–Trinajstić information content (AvgIpc) is 3.14. The molecule has 35 heavy (non-hydrogen) atoms. The molecule has 1 amide bonds. The number of aryl methyl sites for hydroxylation is 1. The van der Waals surface area contributed by atoms with Gasteiger partial charge in [0.15, 0.2) is 0 Å². The third kappa shape index (κ3) is 5.36. The van der Waals surface area contributed by atoms with Crippen LogP contribution in [0.2, 0.25) is 0 Å². The molecule has 9 heteroatoms. The molecule has 0 aliphatic rings. The first-order valence-corrected chi connectivity index (χ1v) is 12.6. The maximum atomic E-state index is 13.0. The first-order chi connectivity index (χ1) is 16.8. The lowest BCUT2D eigenvalue weighted by atomic mass is 10.2. The highest BCUT2D eigenvalue weighted by molar-refractivity contribution is 7.92. The number of sulfonamides is 1. The van der Waals surface area contributed by atoms with Crippen LogP contribution in [0.1, 0.15) is 28.7 Å². The van der Waals surface area contributed by atoms with Crippen LogP contribution >= 0.6 is 0 Å². The molecule has 0 unspecified atom stereocenters. The monoisotopic (exact) mass is 490 g/mol. The first kappa shape index (κ1) is 24.0. The number of nitrogens with one attached hydrogen (secondary N) is 2. The van der Waals surface area contributed by atoms with Crippen molar-refractivity contribution >= 4 is 27.3 Å². The molecular weight excluding hydrogens is 464 g/mol. The highest BCUT2D eigenvalue weighted by Gasteiger charge is 2.19. The number of hydrogen-bond acceptors (Lipinski definition) is 5. The van der Waals surface area contributed by atoms with Crippen LogP contribution in [-0.4, -0.2) is 30.7 Å². The summed E-state index contributed by atoms with van der Waals surface area (Å²) in [6.07, 6.45) is 0. The Morgan fingerprint density at radius 3 is 2.37 bits per heavy atom. The van der Waals surface area contributed by atoms with E-state index in [9.17, 15) is 13.2 Å². The summed E-state index contributed by atoms with van der Waals surface area (Å²) in [5.41, 5.74) is 3.49. The molecule has 1 heterocycles. The van der Waals surface area contributed by atoms with Gasteiger partial charge < -0.3 is 10.1 Å². The van der Waals surface area contributed by atoms with Gasteiger partial charge in [0.05, 0.1) is 34.3 Å². The second kappa shape index (κ2) is 10.0. The summed E-state index contributed by atoms with van der Waals surface area (Å²) in [6, 6.07) is 22.1. The van der Waals surface area contributed by atoms with Gasteiger partial charge in [-0.15, -0.1) is 0 Å². The van der Waals surface area contributed by atoms with Crippen LogP contribution in [0.4, 0.5) is 11.4 Å². The van der Waals surface area contributed by atoms with Gasteiger partial charge in [0, 0.05) is 11.3 Å². The fourth-order valence-electron chi connectivity index (χ4n) is 3.63. The summed E-state index contributed by atoms with van der Waals surface area (Å²) < 4.78 is 35.5. The lowest BCUT2D eigenvalue weighted by Crippen LogP contribution is -2.16. The number of nitrogens with zero attached hydrogens (tertiary/aromatic N) is 2. The van der Waals surface area contributed by atoms with E-state index in [0.29, 0.717) is 29.4 Å². The predicted octanol–water partition coefficient (Wildman–Crippen LogP) is 4.94. The highest BCUT2D eigenvalue weighted by Crippen LogP contribution is 2.24. The largest absolute Gasteiger partial charge is 0.494 e. The van der Waals surface area contributed by atoms with Crippen molar-refractivity contribution < 1.29 is 17.9 Å². The molecule has 0 atom stereocenters. The summed E-state index contributed by atoms with van der Waals surface area (Å²) in [7, 11) is -3.90. The molecule has 1 aromatic heterocycles. The Morgan fingerprint density at radius 2 is 1.69 bits per heavy atom. The minimum Gasteiger partial charge on any atom is -0.494 e. The van der Waals surface area contributed by atoms with Crippen molar-refractivity contribution in [3.63, 3.8) is 0 Å². The van der Waals surface area contributed by atoms with E-state index in [1.54, 1.807) is 35.0 Å². The molecule has 4 rings (SSSR count). The Balaban J connectivity index is 1.54.